The minimum absolute atomic E-state index is 0.0359. The quantitative estimate of drug-likeness (QED) is 0.344. The van der Waals surface area contributed by atoms with E-state index in [-0.39, 0.29) is 17.9 Å². The van der Waals surface area contributed by atoms with Crippen LogP contribution in [0.25, 0.3) is 5.76 Å². The van der Waals surface area contributed by atoms with Crippen molar-refractivity contribution in [1.82, 2.24) is 4.90 Å². The van der Waals surface area contributed by atoms with Gasteiger partial charge in [0.1, 0.15) is 17.3 Å². The molecule has 1 amide bonds. The number of carbonyl (C=O) groups is 2. The molecule has 6 heteroatoms. The zero-order valence-corrected chi connectivity index (χ0v) is 17.5. The van der Waals surface area contributed by atoms with Crippen molar-refractivity contribution in [2.24, 2.45) is 0 Å². The predicted molar refractivity (Wildman–Crippen MR) is 118 cm³/mol. The third-order valence-corrected chi connectivity index (χ3v) is 5.34. The molecule has 1 aliphatic rings. The first-order valence-corrected chi connectivity index (χ1v) is 10.3. The van der Waals surface area contributed by atoms with Crippen LogP contribution in [0.2, 0.25) is 0 Å². The molecule has 32 heavy (non-hydrogen) atoms. The van der Waals surface area contributed by atoms with Gasteiger partial charge in [-0.2, -0.15) is 0 Å². The van der Waals surface area contributed by atoms with Gasteiger partial charge in [-0.3, -0.25) is 9.59 Å². The van der Waals surface area contributed by atoms with E-state index >= 15 is 0 Å². The van der Waals surface area contributed by atoms with E-state index in [1.54, 1.807) is 24.3 Å². The summed E-state index contributed by atoms with van der Waals surface area (Å²) in [6, 6.07) is 20.7. The Morgan fingerprint density at radius 1 is 1.00 bits per heavy atom. The van der Waals surface area contributed by atoms with Gasteiger partial charge in [0.05, 0.1) is 18.2 Å². The summed E-state index contributed by atoms with van der Waals surface area (Å²) in [6.07, 6.45) is 0. The molecule has 1 atom stereocenters. The van der Waals surface area contributed by atoms with E-state index in [4.69, 9.17) is 4.74 Å². The van der Waals surface area contributed by atoms with Gasteiger partial charge < -0.3 is 14.7 Å². The first kappa shape index (κ1) is 21.3. The molecule has 0 radical (unpaired) electrons. The minimum atomic E-state index is -0.855. The van der Waals surface area contributed by atoms with Crippen LogP contribution >= 0.6 is 0 Å². The highest BCUT2D eigenvalue weighted by atomic mass is 19.1. The van der Waals surface area contributed by atoms with Crippen LogP contribution in [0.15, 0.2) is 84.4 Å². The SMILES string of the molecule is CCOc1cccc(/C(O)=C2\C(=O)C(=O)N(Cc3ccccc3)C2c2ccc(F)cc2)c1. The lowest BCUT2D eigenvalue weighted by atomic mass is 9.95. The summed E-state index contributed by atoms with van der Waals surface area (Å²) < 4.78 is 19.1. The van der Waals surface area contributed by atoms with Crippen LogP contribution in [0.4, 0.5) is 4.39 Å². The van der Waals surface area contributed by atoms with E-state index in [1.807, 2.05) is 37.3 Å². The Hall–Kier alpha value is -3.93. The highest BCUT2D eigenvalue weighted by Gasteiger charge is 2.46. The van der Waals surface area contributed by atoms with E-state index in [2.05, 4.69) is 0 Å². The van der Waals surface area contributed by atoms with Crippen molar-refractivity contribution in [3.63, 3.8) is 0 Å². The van der Waals surface area contributed by atoms with Crippen molar-refractivity contribution in [1.29, 1.82) is 0 Å². The summed E-state index contributed by atoms with van der Waals surface area (Å²) in [5, 5.41) is 11.1. The van der Waals surface area contributed by atoms with Gasteiger partial charge in [-0.25, -0.2) is 4.39 Å². The summed E-state index contributed by atoms with van der Waals surface area (Å²) in [5.74, 6) is -1.69. The maximum atomic E-state index is 13.6. The van der Waals surface area contributed by atoms with Crippen molar-refractivity contribution in [3.8, 4) is 5.75 Å². The molecule has 1 N–H and O–H groups in total. The molecule has 1 aliphatic heterocycles. The Morgan fingerprint density at radius 2 is 1.72 bits per heavy atom. The second-order valence-electron chi connectivity index (χ2n) is 7.42. The van der Waals surface area contributed by atoms with E-state index < -0.39 is 23.5 Å². The Balaban J connectivity index is 1.84. The van der Waals surface area contributed by atoms with E-state index in [0.717, 1.165) is 5.56 Å². The van der Waals surface area contributed by atoms with Crippen molar-refractivity contribution < 1.29 is 23.8 Å². The molecule has 1 saturated heterocycles. The van der Waals surface area contributed by atoms with Crippen molar-refractivity contribution in [2.75, 3.05) is 6.61 Å². The van der Waals surface area contributed by atoms with Gasteiger partial charge in [0.2, 0.25) is 0 Å². The average molecular weight is 431 g/mol. The van der Waals surface area contributed by atoms with Crippen LogP contribution in [0.5, 0.6) is 5.75 Å². The van der Waals surface area contributed by atoms with Gasteiger partial charge in [0, 0.05) is 12.1 Å². The number of rotatable bonds is 6. The monoisotopic (exact) mass is 431 g/mol. The van der Waals surface area contributed by atoms with Gasteiger partial charge in [-0.15, -0.1) is 0 Å². The topological polar surface area (TPSA) is 66.8 Å². The van der Waals surface area contributed by atoms with Crippen molar-refractivity contribution in [2.45, 2.75) is 19.5 Å². The fraction of sp³-hybridized carbons (Fsp3) is 0.154. The number of likely N-dealkylation sites (tertiary alicyclic amines) is 1. The van der Waals surface area contributed by atoms with Crippen molar-refractivity contribution in [3.05, 3.63) is 107 Å². The van der Waals surface area contributed by atoms with Crippen LogP contribution in [-0.2, 0) is 16.1 Å². The van der Waals surface area contributed by atoms with Gasteiger partial charge in [0.25, 0.3) is 11.7 Å². The third kappa shape index (κ3) is 4.12. The van der Waals surface area contributed by atoms with Gasteiger partial charge >= 0.3 is 0 Å². The van der Waals surface area contributed by atoms with Crippen LogP contribution in [0.1, 0.15) is 29.7 Å². The Bertz CT molecular complexity index is 1170. The first-order valence-electron chi connectivity index (χ1n) is 10.3. The number of ketones is 1. The molecule has 5 nitrogen and oxygen atoms in total. The number of halogens is 1. The van der Waals surface area contributed by atoms with Gasteiger partial charge in [-0.1, -0.05) is 54.6 Å². The zero-order chi connectivity index (χ0) is 22.7. The number of amides is 1. The van der Waals surface area contributed by atoms with Crippen LogP contribution < -0.4 is 4.74 Å². The molecule has 3 aromatic rings. The fourth-order valence-electron chi connectivity index (χ4n) is 3.87. The lowest BCUT2D eigenvalue weighted by Crippen LogP contribution is -2.29. The average Bonchev–Trinajstić information content (AvgIpc) is 3.05. The number of hydrogen-bond donors (Lipinski definition) is 1. The molecule has 1 unspecified atom stereocenters. The maximum absolute atomic E-state index is 13.6. The predicted octanol–water partition coefficient (Wildman–Crippen LogP) is 4.85. The normalized spacial score (nSPS) is 17.6. The van der Waals surface area contributed by atoms with E-state index in [0.29, 0.717) is 23.5 Å². The zero-order valence-electron chi connectivity index (χ0n) is 17.5. The second kappa shape index (κ2) is 9.06. The number of carbonyl (C=O) groups excluding carboxylic acids is 2. The molecular weight excluding hydrogens is 409 g/mol. The molecule has 0 bridgehead atoms. The number of aliphatic hydroxyl groups excluding tert-OH is 1. The molecular formula is C26H22FNO4. The van der Waals surface area contributed by atoms with Crippen molar-refractivity contribution >= 4 is 17.4 Å². The summed E-state index contributed by atoms with van der Waals surface area (Å²) >= 11 is 0. The van der Waals surface area contributed by atoms with Gasteiger partial charge in [0.15, 0.2) is 0 Å². The standard InChI is InChI=1S/C26H22FNO4/c1-2-32-21-10-6-9-19(15-21)24(29)22-23(18-11-13-20(27)14-12-18)28(26(31)25(22)30)16-17-7-4-3-5-8-17/h3-15,23,29H,2,16H2,1H3/b24-22+. The van der Waals surface area contributed by atoms with Crippen LogP contribution in [-0.4, -0.2) is 28.3 Å². The third-order valence-electron chi connectivity index (χ3n) is 5.34. The second-order valence-corrected chi connectivity index (χ2v) is 7.42. The molecule has 1 fully saturated rings. The smallest absolute Gasteiger partial charge is 0.295 e. The number of ether oxygens (including phenoxy) is 1. The molecule has 1 heterocycles. The molecule has 0 aromatic heterocycles. The number of Topliss-reactive ketones (excluding diaryl/α,β-unsaturated/α-hetero) is 1. The highest BCUT2D eigenvalue weighted by Crippen LogP contribution is 2.40. The first-order chi connectivity index (χ1) is 15.5. The van der Waals surface area contributed by atoms with Crippen LogP contribution in [0, 0.1) is 5.82 Å². The summed E-state index contributed by atoms with van der Waals surface area (Å²) in [6.45, 7) is 2.46. The molecule has 0 spiro atoms. The Kier molecular flexibility index (Phi) is 6.03. The minimum Gasteiger partial charge on any atom is -0.507 e. The lowest BCUT2D eigenvalue weighted by molar-refractivity contribution is -0.140. The number of hydrogen-bond acceptors (Lipinski definition) is 4. The summed E-state index contributed by atoms with van der Waals surface area (Å²) in [7, 11) is 0. The van der Waals surface area contributed by atoms with Crippen LogP contribution in [0.3, 0.4) is 0 Å². The Labute approximate surface area is 185 Å². The number of benzene rings is 3. The molecule has 0 saturated carbocycles. The number of aliphatic hydroxyl groups is 1. The molecule has 162 valence electrons. The highest BCUT2D eigenvalue weighted by molar-refractivity contribution is 6.46. The van der Waals surface area contributed by atoms with Gasteiger partial charge in [-0.05, 0) is 42.3 Å². The lowest BCUT2D eigenvalue weighted by Gasteiger charge is -2.25. The number of nitrogens with zero attached hydrogens (tertiary/aromatic N) is 1. The maximum Gasteiger partial charge on any atom is 0.295 e. The van der Waals surface area contributed by atoms with E-state index in [9.17, 15) is 19.1 Å². The summed E-state index contributed by atoms with van der Waals surface area (Å²) in [4.78, 5) is 27.5. The fourth-order valence-corrected chi connectivity index (χ4v) is 3.87. The Morgan fingerprint density at radius 3 is 2.41 bits per heavy atom. The molecule has 0 aliphatic carbocycles. The molecule has 3 aromatic carbocycles. The largest absolute Gasteiger partial charge is 0.507 e. The molecule has 4 rings (SSSR count). The summed E-state index contributed by atoms with van der Waals surface area (Å²) in [5.41, 5.74) is 1.69. The van der Waals surface area contributed by atoms with E-state index in [1.165, 1.54) is 29.2 Å².